The summed E-state index contributed by atoms with van der Waals surface area (Å²) in [5, 5.41) is 6.94. The van der Waals surface area contributed by atoms with E-state index < -0.39 is 0 Å². The van der Waals surface area contributed by atoms with E-state index in [1.807, 2.05) is 18.4 Å². The van der Waals surface area contributed by atoms with Gasteiger partial charge in [-0.1, -0.05) is 30.3 Å². The Hall–Kier alpha value is -1.84. The van der Waals surface area contributed by atoms with Crippen LogP contribution in [-0.4, -0.2) is 21.1 Å². The average molecular weight is 296 g/mol. The number of hydrogen-bond acceptors (Lipinski definition) is 3. The molecule has 21 heavy (non-hydrogen) atoms. The number of thiophene rings is 1. The summed E-state index contributed by atoms with van der Waals surface area (Å²) < 4.78 is 1.37. The number of fused-ring (bicyclic) bond motifs is 1. The molecule has 0 aliphatic carbocycles. The van der Waals surface area contributed by atoms with Gasteiger partial charge in [-0.05, 0) is 47.1 Å². The molecule has 0 saturated carbocycles. The van der Waals surface area contributed by atoms with Crippen molar-refractivity contribution < 1.29 is 0 Å². The van der Waals surface area contributed by atoms with Crippen molar-refractivity contribution in [2.45, 2.75) is 6.04 Å². The zero-order valence-corrected chi connectivity index (χ0v) is 13.4. The fourth-order valence-electron chi connectivity index (χ4n) is 2.71. The van der Waals surface area contributed by atoms with Crippen LogP contribution in [0.15, 0.2) is 53.9 Å². The van der Waals surface area contributed by atoms with Gasteiger partial charge in [0.05, 0.1) is 6.04 Å². The van der Waals surface area contributed by atoms with Crippen LogP contribution in [0.3, 0.4) is 0 Å². The van der Waals surface area contributed by atoms with Crippen molar-refractivity contribution in [1.82, 2.24) is 5.32 Å². The Morgan fingerprint density at radius 1 is 1.00 bits per heavy atom. The molecule has 0 saturated heterocycles. The largest absolute Gasteiger partial charge is 0.378 e. The highest BCUT2D eigenvalue weighted by Gasteiger charge is 2.15. The SMILES string of the molecule is CNC(c1ccc(N(C)C)cc1)c1cccc2ccsc12. The van der Waals surface area contributed by atoms with Crippen LogP contribution >= 0.6 is 11.3 Å². The second-order valence-corrected chi connectivity index (χ2v) is 6.31. The van der Waals surface area contributed by atoms with E-state index in [0.29, 0.717) is 0 Å². The molecule has 3 rings (SSSR count). The summed E-state index contributed by atoms with van der Waals surface area (Å²) in [6.45, 7) is 0. The maximum Gasteiger partial charge on any atom is 0.0588 e. The molecule has 0 radical (unpaired) electrons. The number of nitrogens with zero attached hydrogens (tertiary/aromatic N) is 1. The zero-order chi connectivity index (χ0) is 14.8. The van der Waals surface area contributed by atoms with E-state index in [0.717, 1.165) is 0 Å². The van der Waals surface area contributed by atoms with E-state index in [9.17, 15) is 0 Å². The third kappa shape index (κ3) is 2.67. The average Bonchev–Trinajstić information content (AvgIpc) is 2.98. The Morgan fingerprint density at radius 3 is 2.43 bits per heavy atom. The Bertz CT molecular complexity index is 728. The molecule has 1 heterocycles. The number of rotatable bonds is 4. The third-order valence-electron chi connectivity index (χ3n) is 3.85. The minimum absolute atomic E-state index is 0.226. The van der Waals surface area contributed by atoms with Crippen LogP contribution in [0.5, 0.6) is 0 Å². The van der Waals surface area contributed by atoms with Crippen LogP contribution in [0.2, 0.25) is 0 Å². The van der Waals surface area contributed by atoms with Crippen LogP contribution in [-0.2, 0) is 0 Å². The zero-order valence-electron chi connectivity index (χ0n) is 12.6. The van der Waals surface area contributed by atoms with E-state index in [2.05, 4.69) is 78.2 Å². The predicted molar refractivity (Wildman–Crippen MR) is 93.5 cm³/mol. The predicted octanol–water partition coefficient (Wildman–Crippen LogP) is 4.28. The molecule has 0 aliphatic heterocycles. The second kappa shape index (κ2) is 5.88. The molecule has 2 nitrogen and oxygen atoms in total. The molecule has 0 amide bonds. The topological polar surface area (TPSA) is 15.3 Å². The lowest BCUT2D eigenvalue weighted by Gasteiger charge is -2.20. The lowest BCUT2D eigenvalue weighted by atomic mass is 9.97. The monoisotopic (exact) mass is 296 g/mol. The molecule has 1 N–H and O–H groups in total. The van der Waals surface area contributed by atoms with Gasteiger partial charge in [0.1, 0.15) is 0 Å². The first-order chi connectivity index (χ1) is 10.2. The van der Waals surface area contributed by atoms with E-state index in [1.54, 1.807) is 0 Å². The molecule has 0 bridgehead atoms. The molecular formula is C18H20N2S. The van der Waals surface area contributed by atoms with Crippen LogP contribution in [0.4, 0.5) is 5.69 Å². The molecule has 3 heteroatoms. The van der Waals surface area contributed by atoms with Crippen LogP contribution < -0.4 is 10.2 Å². The molecule has 0 fully saturated rings. The van der Waals surface area contributed by atoms with Gasteiger partial charge in [0, 0.05) is 24.5 Å². The molecule has 0 aliphatic rings. The van der Waals surface area contributed by atoms with E-state index in [1.165, 1.54) is 26.9 Å². The number of nitrogens with one attached hydrogen (secondary N) is 1. The molecule has 1 aromatic heterocycles. The lowest BCUT2D eigenvalue weighted by molar-refractivity contribution is 0.697. The van der Waals surface area contributed by atoms with Gasteiger partial charge in [0.2, 0.25) is 0 Å². The Kier molecular flexibility index (Phi) is 3.95. The molecule has 3 aromatic rings. The Balaban J connectivity index is 2.03. The van der Waals surface area contributed by atoms with Crippen molar-refractivity contribution >= 4 is 27.1 Å². The first kappa shape index (κ1) is 14.1. The van der Waals surface area contributed by atoms with Gasteiger partial charge in [-0.25, -0.2) is 0 Å². The standard InChI is InChI=1S/C18H20N2S/c1-19-17(13-7-9-15(10-8-13)20(2)3)16-6-4-5-14-11-12-21-18(14)16/h4-12,17,19H,1-3H3. The molecule has 2 aromatic carbocycles. The van der Waals surface area contributed by atoms with E-state index >= 15 is 0 Å². The highest BCUT2D eigenvalue weighted by atomic mass is 32.1. The highest BCUT2D eigenvalue weighted by molar-refractivity contribution is 7.17. The van der Waals surface area contributed by atoms with Gasteiger partial charge in [0.15, 0.2) is 0 Å². The van der Waals surface area contributed by atoms with E-state index in [4.69, 9.17) is 0 Å². The molecule has 1 atom stereocenters. The maximum atomic E-state index is 3.46. The van der Waals surface area contributed by atoms with Crippen molar-refractivity contribution in [2.75, 3.05) is 26.0 Å². The Labute approximate surface area is 130 Å². The minimum Gasteiger partial charge on any atom is -0.378 e. The normalized spacial score (nSPS) is 12.5. The van der Waals surface area contributed by atoms with Gasteiger partial charge in [-0.3, -0.25) is 0 Å². The summed E-state index contributed by atoms with van der Waals surface area (Å²) in [6, 6.07) is 17.7. The van der Waals surface area contributed by atoms with Crippen LogP contribution in [0, 0.1) is 0 Å². The molecule has 108 valence electrons. The van der Waals surface area contributed by atoms with Gasteiger partial charge < -0.3 is 10.2 Å². The summed E-state index contributed by atoms with van der Waals surface area (Å²) in [4.78, 5) is 2.12. The highest BCUT2D eigenvalue weighted by Crippen LogP contribution is 2.32. The maximum absolute atomic E-state index is 3.46. The summed E-state index contributed by atoms with van der Waals surface area (Å²) >= 11 is 1.81. The Morgan fingerprint density at radius 2 is 1.76 bits per heavy atom. The number of hydrogen-bond donors (Lipinski definition) is 1. The quantitative estimate of drug-likeness (QED) is 0.773. The summed E-state index contributed by atoms with van der Waals surface area (Å²) in [6.07, 6.45) is 0. The van der Waals surface area contributed by atoms with Crippen molar-refractivity contribution in [1.29, 1.82) is 0 Å². The van der Waals surface area contributed by atoms with Gasteiger partial charge in [-0.15, -0.1) is 11.3 Å². The second-order valence-electron chi connectivity index (χ2n) is 5.39. The first-order valence-corrected chi connectivity index (χ1v) is 7.99. The summed E-state index contributed by atoms with van der Waals surface area (Å²) in [5.74, 6) is 0. The lowest BCUT2D eigenvalue weighted by Crippen LogP contribution is -2.18. The first-order valence-electron chi connectivity index (χ1n) is 7.11. The summed E-state index contributed by atoms with van der Waals surface area (Å²) in [7, 11) is 6.16. The minimum atomic E-state index is 0.226. The fraction of sp³-hybridized carbons (Fsp3) is 0.222. The van der Waals surface area contributed by atoms with Crippen LogP contribution in [0.1, 0.15) is 17.2 Å². The van der Waals surface area contributed by atoms with Crippen molar-refractivity contribution in [3.8, 4) is 0 Å². The van der Waals surface area contributed by atoms with Gasteiger partial charge in [-0.2, -0.15) is 0 Å². The summed E-state index contributed by atoms with van der Waals surface area (Å²) in [5.41, 5.74) is 3.87. The number of benzene rings is 2. The van der Waals surface area contributed by atoms with Gasteiger partial charge >= 0.3 is 0 Å². The van der Waals surface area contributed by atoms with Crippen molar-refractivity contribution in [3.05, 3.63) is 65.0 Å². The van der Waals surface area contributed by atoms with E-state index in [-0.39, 0.29) is 6.04 Å². The van der Waals surface area contributed by atoms with Crippen molar-refractivity contribution in [3.63, 3.8) is 0 Å². The molecular weight excluding hydrogens is 276 g/mol. The molecule has 1 unspecified atom stereocenters. The van der Waals surface area contributed by atoms with Crippen LogP contribution in [0.25, 0.3) is 10.1 Å². The number of anilines is 1. The van der Waals surface area contributed by atoms with Crippen molar-refractivity contribution in [2.24, 2.45) is 0 Å². The third-order valence-corrected chi connectivity index (χ3v) is 4.83. The fourth-order valence-corrected chi connectivity index (χ4v) is 3.66. The molecule has 0 spiro atoms. The smallest absolute Gasteiger partial charge is 0.0588 e. The van der Waals surface area contributed by atoms with Gasteiger partial charge in [0.25, 0.3) is 0 Å².